The summed E-state index contributed by atoms with van der Waals surface area (Å²) >= 11 is 1.63. The molecule has 0 bridgehead atoms. The summed E-state index contributed by atoms with van der Waals surface area (Å²) in [5.41, 5.74) is 1.30. The van der Waals surface area contributed by atoms with Gasteiger partial charge in [-0.1, -0.05) is 36.4 Å². The van der Waals surface area contributed by atoms with E-state index in [9.17, 15) is 13.7 Å². The first-order valence-electron chi connectivity index (χ1n) is 8.46. The predicted octanol–water partition coefficient (Wildman–Crippen LogP) is 4.17. The first-order valence-corrected chi connectivity index (χ1v) is 10.9. The van der Waals surface area contributed by atoms with E-state index in [2.05, 4.69) is 6.07 Å². The smallest absolute Gasteiger partial charge is 0.212 e. The molecule has 2 aromatic carbocycles. The summed E-state index contributed by atoms with van der Waals surface area (Å²) in [6, 6.07) is 17.6. The lowest BCUT2D eigenvalue weighted by Crippen LogP contribution is -2.34. The summed E-state index contributed by atoms with van der Waals surface area (Å²) < 4.78 is 26.8. The first kappa shape index (κ1) is 18.6. The van der Waals surface area contributed by atoms with E-state index in [0.29, 0.717) is 18.5 Å². The van der Waals surface area contributed by atoms with Crippen molar-refractivity contribution in [2.24, 2.45) is 0 Å². The SMILES string of the molecule is CCS(=O)(=O)N(CCc1cccs1)Cc1c(C#N)ccc2ccccc12. The highest BCUT2D eigenvalue weighted by Gasteiger charge is 2.22. The van der Waals surface area contributed by atoms with E-state index in [-0.39, 0.29) is 12.3 Å². The number of sulfonamides is 1. The van der Waals surface area contributed by atoms with Gasteiger partial charge in [-0.25, -0.2) is 8.42 Å². The van der Waals surface area contributed by atoms with Gasteiger partial charge in [0.05, 0.1) is 17.4 Å². The highest BCUT2D eigenvalue weighted by Crippen LogP contribution is 2.25. The molecule has 3 aromatic rings. The first-order chi connectivity index (χ1) is 12.5. The van der Waals surface area contributed by atoms with Crippen molar-refractivity contribution in [2.75, 3.05) is 12.3 Å². The van der Waals surface area contributed by atoms with Gasteiger partial charge in [-0.2, -0.15) is 9.57 Å². The van der Waals surface area contributed by atoms with Crippen LogP contribution in [0.15, 0.2) is 53.9 Å². The molecular formula is C20H20N2O2S2. The maximum absolute atomic E-state index is 12.6. The van der Waals surface area contributed by atoms with Crippen LogP contribution in [0.2, 0.25) is 0 Å². The molecule has 0 N–H and O–H groups in total. The topological polar surface area (TPSA) is 61.2 Å². The minimum Gasteiger partial charge on any atom is -0.212 e. The van der Waals surface area contributed by atoms with Gasteiger partial charge in [0.2, 0.25) is 10.0 Å². The number of thiophene rings is 1. The summed E-state index contributed by atoms with van der Waals surface area (Å²) in [7, 11) is -3.38. The number of hydrogen-bond acceptors (Lipinski definition) is 4. The molecule has 0 fully saturated rings. The average molecular weight is 385 g/mol. The number of nitrogens with zero attached hydrogens (tertiary/aromatic N) is 2. The molecule has 0 radical (unpaired) electrons. The molecule has 0 spiro atoms. The van der Waals surface area contributed by atoms with Crippen molar-refractivity contribution in [1.82, 2.24) is 4.31 Å². The molecule has 1 heterocycles. The van der Waals surface area contributed by atoms with Crippen LogP contribution in [0.25, 0.3) is 10.8 Å². The lowest BCUT2D eigenvalue weighted by atomic mass is 9.99. The number of hydrogen-bond donors (Lipinski definition) is 0. The summed E-state index contributed by atoms with van der Waals surface area (Å²) in [5.74, 6) is 0.0457. The molecule has 3 rings (SSSR count). The molecule has 4 nitrogen and oxygen atoms in total. The van der Waals surface area contributed by atoms with Crippen molar-refractivity contribution in [1.29, 1.82) is 5.26 Å². The fourth-order valence-electron chi connectivity index (χ4n) is 2.98. The second-order valence-electron chi connectivity index (χ2n) is 5.99. The van der Waals surface area contributed by atoms with Gasteiger partial charge >= 0.3 is 0 Å². The average Bonchev–Trinajstić information content (AvgIpc) is 3.18. The van der Waals surface area contributed by atoms with Crippen molar-refractivity contribution in [3.05, 3.63) is 69.9 Å². The lowest BCUT2D eigenvalue weighted by molar-refractivity contribution is 0.412. The van der Waals surface area contributed by atoms with Crippen LogP contribution in [-0.4, -0.2) is 25.0 Å². The third-order valence-electron chi connectivity index (χ3n) is 4.44. The predicted molar refractivity (Wildman–Crippen MR) is 107 cm³/mol. The van der Waals surface area contributed by atoms with Crippen LogP contribution in [0.3, 0.4) is 0 Å². The van der Waals surface area contributed by atoms with Crippen molar-refractivity contribution in [3.63, 3.8) is 0 Å². The van der Waals surface area contributed by atoms with Crippen LogP contribution >= 0.6 is 11.3 Å². The number of nitriles is 1. The summed E-state index contributed by atoms with van der Waals surface area (Å²) in [6.45, 7) is 2.28. The van der Waals surface area contributed by atoms with E-state index in [1.165, 1.54) is 4.31 Å². The Morgan fingerprint density at radius 2 is 1.92 bits per heavy atom. The van der Waals surface area contributed by atoms with Crippen LogP contribution < -0.4 is 0 Å². The van der Waals surface area contributed by atoms with Gasteiger partial charge in [0, 0.05) is 18.0 Å². The number of fused-ring (bicyclic) bond motifs is 1. The van der Waals surface area contributed by atoms with Gasteiger partial charge in [-0.15, -0.1) is 11.3 Å². The number of benzene rings is 2. The Hall–Kier alpha value is -2.20. The van der Waals surface area contributed by atoms with Gasteiger partial charge in [0.15, 0.2) is 0 Å². The maximum Gasteiger partial charge on any atom is 0.214 e. The highest BCUT2D eigenvalue weighted by molar-refractivity contribution is 7.89. The van der Waals surface area contributed by atoms with Crippen LogP contribution in [0.5, 0.6) is 0 Å². The zero-order valence-corrected chi connectivity index (χ0v) is 16.2. The largest absolute Gasteiger partial charge is 0.214 e. The Morgan fingerprint density at radius 3 is 2.62 bits per heavy atom. The molecule has 26 heavy (non-hydrogen) atoms. The van der Waals surface area contributed by atoms with Crippen molar-refractivity contribution < 1.29 is 8.42 Å². The Morgan fingerprint density at radius 1 is 1.12 bits per heavy atom. The van der Waals surface area contributed by atoms with E-state index < -0.39 is 10.0 Å². The third-order valence-corrected chi connectivity index (χ3v) is 7.21. The van der Waals surface area contributed by atoms with Gasteiger partial charge in [0.25, 0.3) is 0 Å². The summed E-state index contributed by atoms with van der Waals surface area (Å²) in [6.07, 6.45) is 0.670. The highest BCUT2D eigenvalue weighted by atomic mass is 32.2. The summed E-state index contributed by atoms with van der Waals surface area (Å²) in [4.78, 5) is 1.15. The molecule has 0 atom stereocenters. The van der Waals surface area contributed by atoms with E-state index >= 15 is 0 Å². The zero-order valence-electron chi connectivity index (χ0n) is 14.6. The van der Waals surface area contributed by atoms with Crippen LogP contribution in [-0.2, 0) is 23.0 Å². The second kappa shape index (κ2) is 8.00. The van der Waals surface area contributed by atoms with Crippen LogP contribution in [0.4, 0.5) is 0 Å². The van der Waals surface area contributed by atoms with Gasteiger partial charge < -0.3 is 0 Å². The molecule has 0 aliphatic rings. The molecule has 6 heteroatoms. The van der Waals surface area contributed by atoms with E-state index in [1.54, 1.807) is 24.3 Å². The lowest BCUT2D eigenvalue weighted by Gasteiger charge is -2.23. The monoisotopic (exact) mass is 384 g/mol. The quantitative estimate of drug-likeness (QED) is 0.614. The Balaban J connectivity index is 1.98. The summed E-state index contributed by atoms with van der Waals surface area (Å²) in [5, 5.41) is 13.4. The molecular weight excluding hydrogens is 364 g/mol. The molecule has 0 unspecified atom stereocenters. The molecule has 0 saturated heterocycles. The second-order valence-corrected chi connectivity index (χ2v) is 9.28. The van der Waals surface area contributed by atoms with Crippen molar-refractivity contribution in [2.45, 2.75) is 19.9 Å². The zero-order chi connectivity index (χ0) is 18.6. The van der Waals surface area contributed by atoms with Crippen LogP contribution in [0, 0.1) is 11.3 Å². The minimum absolute atomic E-state index is 0.0457. The fraction of sp³-hybridized carbons (Fsp3) is 0.250. The molecule has 0 aliphatic carbocycles. The standard InChI is InChI=1S/C20H20N2O2S2/c1-2-26(23,24)22(12-11-18-7-5-13-25-18)15-20-17(14-21)10-9-16-6-3-4-8-19(16)20/h3-10,13H,2,11-12,15H2,1H3. The number of rotatable bonds is 7. The fourth-order valence-corrected chi connectivity index (χ4v) is 4.73. The maximum atomic E-state index is 12.6. The van der Waals surface area contributed by atoms with E-state index in [0.717, 1.165) is 21.2 Å². The van der Waals surface area contributed by atoms with E-state index in [1.807, 2.05) is 47.8 Å². The van der Waals surface area contributed by atoms with E-state index in [4.69, 9.17) is 0 Å². The van der Waals surface area contributed by atoms with Gasteiger partial charge in [-0.3, -0.25) is 0 Å². The molecule has 0 saturated carbocycles. The van der Waals surface area contributed by atoms with Crippen LogP contribution in [0.1, 0.15) is 22.9 Å². The van der Waals surface area contributed by atoms with Crippen molar-refractivity contribution >= 4 is 32.1 Å². The molecule has 0 amide bonds. The van der Waals surface area contributed by atoms with Gasteiger partial charge in [0.1, 0.15) is 0 Å². The molecule has 134 valence electrons. The van der Waals surface area contributed by atoms with Crippen molar-refractivity contribution in [3.8, 4) is 6.07 Å². The normalized spacial score (nSPS) is 11.7. The Kier molecular flexibility index (Phi) is 5.72. The molecule has 0 aliphatic heterocycles. The Labute approximate surface area is 158 Å². The Bertz CT molecular complexity index is 1040. The third kappa shape index (κ3) is 3.96. The van der Waals surface area contributed by atoms with Gasteiger partial charge in [-0.05, 0) is 47.2 Å². The molecule has 1 aromatic heterocycles. The minimum atomic E-state index is -3.38.